The molecule has 1 heterocycles. The lowest BCUT2D eigenvalue weighted by Crippen LogP contribution is -2.32. The first-order valence-corrected chi connectivity index (χ1v) is 12.6. The van der Waals surface area contributed by atoms with E-state index in [1.54, 1.807) is 0 Å². The average molecular weight is 484 g/mol. The van der Waals surface area contributed by atoms with E-state index in [9.17, 15) is 18.0 Å². The first-order valence-electron chi connectivity index (χ1n) is 11.1. The molecule has 0 aliphatic rings. The zero-order valence-electron chi connectivity index (χ0n) is 19.2. The molecule has 34 heavy (non-hydrogen) atoms. The number of aromatic nitrogens is 2. The van der Waals surface area contributed by atoms with E-state index in [1.807, 2.05) is 44.2 Å². The molecule has 3 aromatic rings. The fourth-order valence-corrected chi connectivity index (χ4v) is 5.02. The summed E-state index contributed by atoms with van der Waals surface area (Å²) in [5.74, 6) is -0.921. The Morgan fingerprint density at radius 1 is 0.941 bits per heavy atom. The van der Waals surface area contributed by atoms with Gasteiger partial charge in [0.25, 0.3) is 11.8 Å². The van der Waals surface area contributed by atoms with Crippen LogP contribution in [0.15, 0.2) is 65.7 Å². The molecule has 180 valence electrons. The van der Waals surface area contributed by atoms with Crippen molar-refractivity contribution in [2.75, 3.05) is 18.4 Å². The molecule has 0 unspecified atom stereocenters. The zero-order chi connectivity index (χ0) is 24.6. The molecule has 2 aromatic carbocycles. The first-order chi connectivity index (χ1) is 16.4. The summed E-state index contributed by atoms with van der Waals surface area (Å²) in [5, 5.41) is 11.9. The van der Waals surface area contributed by atoms with Gasteiger partial charge in [0.05, 0.1) is 10.6 Å². The van der Waals surface area contributed by atoms with E-state index in [4.69, 9.17) is 0 Å². The summed E-state index contributed by atoms with van der Waals surface area (Å²) in [6, 6.07) is 15.2. The largest absolute Gasteiger partial charge is 0.346 e. The Hall–Kier alpha value is -3.50. The Labute approximate surface area is 199 Å². The van der Waals surface area contributed by atoms with Crippen LogP contribution in [0, 0.1) is 0 Å². The molecule has 2 amide bonds. The summed E-state index contributed by atoms with van der Waals surface area (Å²) in [4.78, 5) is 25.4. The second-order valence-corrected chi connectivity index (χ2v) is 9.64. The number of hydrogen-bond acceptors (Lipinski definition) is 5. The molecular weight excluding hydrogens is 454 g/mol. The third-order valence-corrected chi connectivity index (χ3v) is 7.01. The second kappa shape index (κ2) is 11.6. The van der Waals surface area contributed by atoms with E-state index in [0.29, 0.717) is 32.5 Å². The monoisotopic (exact) mass is 483 g/mol. The van der Waals surface area contributed by atoms with Crippen molar-refractivity contribution in [2.24, 2.45) is 0 Å². The third-order valence-electron chi connectivity index (χ3n) is 5.10. The van der Waals surface area contributed by atoms with Crippen LogP contribution in [0.3, 0.4) is 0 Å². The van der Waals surface area contributed by atoms with Crippen molar-refractivity contribution < 1.29 is 18.0 Å². The summed E-state index contributed by atoms with van der Waals surface area (Å²) in [7, 11) is -3.63. The number of amides is 2. The Kier molecular flexibility index (Phi) is 8.55. The number of carbonyl (C=O) groups excluding carboxylic acids is 2. The van der Waals surface area contributed by atoms with Crippen LogP contribution in [0.2, 0.25) is 0 Å². The maximum absolute atomic E-state index is 12.9. The second-order valence-electron chi connectivity index (χ2n) is 7.70. The van der Waals surface area contributed by atoms with E-state index in [0.717, 1.165) is 5.56 Å². The highest BCUT2D eigenvalue weighted by atomic mass is 32.2. The van der Waals surface area contributed by atoms with E-state index < -0.39 is 21.8 Å². The van der Waals surface area contributed by atoms with Gasteiger partial charge in [-0.1, -0.05) is 44.2 Å². The number of nitrogens with zero attached hydrogens (tertiary/aromatic N) is 2. The van der Waals surface area contributed by atoms with Crippen molar-refractivity contribution >= 4 is 27.5 Å². The minimum Gasteiger partial charge on any atom is -0.346 e. The molecule has 0 fully saturated rings. The van der Waals surface area contributed by atoms with Crippen molar-refractivity contribution in [1.29, 1.82) is 0 Å². The third kappa shape index (κ3) is 6.09. The lowest BCUT2D eigenvalue weighted by Gasteiger charge is -2.21. The molecular formula is C24H29N5O4S. The summed E-state index contributed by atoms with van der Waals surface area (Å²) >= 11 is 0. The van der Waals surface area contributed by atoms with E-state index in [1.165, 1.54) is 34.8 Å². The van der Waals surface area contributed by atoms with Gasteiger partial charge >= 0.3 is 0 Å². The molecule has 0 saturated heterocycles. The van der Waals surface area contributed by atoms with Gasteiger partial charge < -0.3 is 10.6 Å². The molecule has 9 nitrogen and oxygen atoms in total. The fourth-order valence-electron chi connectivity index (χ4n) is 3.39. The summed E-state index contributed by atoms with van der Waals surface area (Å²) in [5.41, 5.74) is 1.47. The lowest BCUT2D eigenvalue weighted by atomic mass is 10.2. The maximum atomic E-state index is 12.9. The number of hydrogen-bond donors (Lipinski definition) is 3. The molecule has 3 N–H and O–H groups in total. The highest BCUT2D eigenvalue weighted by Crippen LogP contribution is 2.19. The summed E-state index contributed by atoms with van der Waals surface area (Å²) in [6.45, 7) is 5.06. The Balaban J connectivity index is 1.68. The smallest absolute Gasteiger partial charge is 0.274 e. The molecule has 3 rings (SSSR count). The van der Waals surface area contributed by atoms with Crippen LogP contribution in [-0.4, -0.2) is 47.8 Å². The number of H-pyrrole nitrogens is 1. The van der Waals surface area contributed by atoms with Gasteiger partial charge in [-0.15, -0.1) is 0 Å². The van der Waals surface area contributed by atoms with Gasteiger partial charge in [-0.05, 0) is 42.7 Å². The van der Waals surface area contributed by atoms with Gasteiger partial charge in [-0.25, -0.2) is 8.42 Å². The molecule has 10 heteroatoms. The van der Waals surface area contributed by atoms with Crippen molar-refractivity contribution in [3.05, 3.63) is 77.6 Å². The standard InChI is InChI=1S/C24H29N5O4S/c1-3-14-29(15-4-2)34(32,33)20-12-10-19(11-13-20)23(30)27-21-17-26-28-22(21)24(31)25-16-18-8-6-5-7-9-18/h5-13,17H,3-4,14-16H2,1-2H3,(H,25,31)(H,26,28)(H,27,30). The van der Waals surface area contributed by atoms with Gasteiger partial charge in [0.15, 0.2) is 5.69 Å². The van der Waals surface area contributed by atoms with Crippen LogP contribution in [-0.2, 0) is 16.6 Å². The van der Waals surface area contributed by atoms with Gasteiger partial charge in [0, 0.05) is 31.4 Å². The predicted molar refractivity (Wildman–Crippen MR) is 130 cm³/mol. The number of benzene rings is 2. The number of rotatable bonds is 11. The summed E-state index contributed by atoms with van der Waals surface area (Å²) in [6.07, 6.45) is 2.85. The van der Waals surface area contributed by atoms with Gasteiger partial charge in [0.2, 0.25) is 10.0 Å². The number of anilines is 1. The normalized spacial score (nSPS) is 11.4. The zero-order valence-corrected chi connectivity index (χ0v) is 20.1. The Morgan fingerprint density at radius 3 is 2.21 bits per heavy atom. The average Bonchev–Trinajstić information content (AvgIpc) is 3.31. The molecule has 0 aliphatic carbocycles. The van der Waals surface area contributed by atoms with Gasteiger partial charge in [0.1, 0.15) is 0 Å². The topological polar surface area (TPSA) is 124 Å². The van der Waals surface area contributed by atoms with E-state index in [2.05, 4.69) is 20.8 Å². The molecule has 0 aliphatic heterocycles. The molecule has 0 bridgehead atoms. The number of nitrogens with one attached hydrogen (secondary N) is 3. The Morgan fingerprint density at radius 2 is 1.59 bits per heavy atom. The molecule has 1 aromatic heterocycles. The molecule has 0 radical (unpaired) electrons. The lowest BCUT2D eigenvalue weighted by molar-refractivity contribution is 0.0946. The van der Waals surface area contributed by atoms with Crippen molar-refractivity contribution in [2.45, 2.75) is 38.1 Å². The molecule has 0 saturated carbocycles. The van der Waals surface area contributed by atoms with E-state index in [-0.39, 0.29) is 21.8 Å². The minimum atomic E-state index is -3.63. The van der Waals surface area contributed by atoms with Crippen molar-refractivity contribution in [3.8, 4) is 0 Å². The highest BCUT2D eigenvalue weighted by Gasteiger charge is 2.23. The van der Waals surface area contributed by atoms with Crippen molar-refractivity contribution in [1.82, 2.24) is 19.8 Å². The minimum absolute atomic E-state index is 0.0539. The highest BCUT2D eigenvalue weighted by molar-refractivity contribution is 7.89. The van der Waals surface area contributed by atoms with Crippen LogP contribution in [0.4, 0.5) is 5.69 Å². The van der Waals surface area contributed by atoms with Gasteiger partial charge in [-0.2, -0.15) is 9.40 Å². The fraction of sp³-hybridized carbons (Fsp3) is 0.292. The number of aromatic amines is 1. The number of sulfonamides is 1. The SMILES string of the molecule is CCCN(CCC)S(=O)(=O)c1ccc(C(=O)Nc2c[nH]nc2C(=O)NCc2ccccc2)cc1. The number of carbonyl (C=O) groups is 2. The van der Waals surface area contributed by atoms with Crippen LogP contribution < -0.4 is 10.6 Å². The van der Waals surface area contributed by atoms with E-state index >= 15 is 0 Å². The summed E-state index contributed by atoms with van der Waals surface area (Å²) < 4.78 is 27.3. The Bertz CT molecular complexity index is 1200. The quantitative estimate of drug-likeness (QED) is 0.386. The van der Waals surface area contributed by atoms with Crippen LogP contribution in [0.25, 0.3) is 0 Å². The van der Waals surface area contributed by atoms with Crippen LogP contribution in [0.1, 0.15) is 53.1 Å². The molecule has 0 atom stereocenters. The van der Waals surface area contributed by atoms with Crippen LogP contribution >= 0.6 is 0 Å². The first kappa shape index (κ1) is 25.1. The van der Waals surface area contributed by atoms with Gasteiger partial charge in [-0.3, -0.25) is 14.7 Å². The van der Waals surface area contributed by atoms with Crippen LogP contribution in [0.5, 0.6) is 0 Å². The predicted octanol–water partition coefficient (Wildman–Crippen LogP) is 3.40. The molecule has 0 spiro atoms. The maximum Gasteiger partial charge on any atom is 0.274 e. The van der Waals surface area contributed by atoms with Crippen molar-refractivity contribution in [3.63, 3.8) is 0 Å².